The molecule has 0 unspecified atom stereocenters. The predicted molar refractivity (Wildman–Crippen MR) is 128 cm³/mol. The van der Waals surface area contributed by atoms with E-state index in [-0.39, 0.29) is 22.6 Å². The number of carbonyl (C=O) groups is 1. The van der Waals surface area contributed by atoms with Crippen molar-refractivity contribution in [3.05, 3.63) is 41.0 Å². The van der Waals surface area contributed by atoms with E-state index in [1.807, 2.05) is 6.07 Å². The minimum absolute atomic E-state index is 0.0367. The number of anilines is 1. The van der Waals surface area contributed by atoms with Gasteiger partial charge in [0.15, 0.2) is 11.5 Å². The van der Waals surface area contributed by atoms with Crippen LogP contribution < -0.4 is 24.8 Å². The molecule has 8 nitrogen and oxygen atoms in total. The van der Waals surface area contributed by atoms with Crippen LogP contribution in [0.15, 0.2) is 30.3 Å². The molecule has 2 amide bonds. The van der Waals surface area contributed by atoms with Gasteiger partial charge in [-0.25, -0.2) is 9.78 Å². The van der Waals surface area contributed by atoms with Crippen LogP contribution >= 0.6 is 11.6 Å². The van der Waals surface area contributed by atoms with E-state index in [2.05, 4.69) is 39.7 Å². The number of carbonyl (C=O) groups excluding carboxylic acids is 1. The van der Waals surface area contributed by atoms with Gasteiger partial charge in [0.05, 0.1) is 27.0 Å². The third kappa shape index (κ3) is 4.68. The van der Waals surface area contributed by atoms with Gasteiger partial charge in [0.1, 0.15) is 5.15 Å². The summed E-state index contributed by atoms with van der Waals surface area (Å²) in [5.74, 6) is 1.84. The molecule has 0 radical (unpaired) electrons. The maximum Gasteiger partial charge on any atom is 0.319 e. The van der Waals surface area contributed by atoms with Crippen LogP contribution in [-0.2, 0) is 5.41 Å². The largest absolute Gasteiger partial charge is 0.493 e. The minimum atomic E-state index is -0.261. The Hall–Kier alpha value is -2.71. The van der Waals surface area contributed by atoms with E-state index in [4.69, 9.17) is 25.8 Å². The number of hydrogen-bond acceptors (Lipinski definition) is 6. The smallest absolute Gasteiger partial charge is 0.319 e. The number of pyridine rings is 1. The molecule has 1 aliphatic carbocycles. The first kappa shape index (κ1) is 23.4. The Morgan fingerprint density at radius 1 is 1.12 bits per heavy atom. The van der Waals surface area contributed by atoms with Gasteiger partial charge in [0.25, 0.3) is 0 Å². The lowest BCUT2D eigenvalue weighted by Gasteiger charge is -2.45. The lowest BCUT2D eigenvalue weighted by Crippen LogP contribution is -2.52. The second-order valence-electron chi connectivity index (χ2n) is 8.76. The molecule has 3 atom stereocenters. The number of nitrogens with zero attached hydrogens (tertiary/aromatic N) is 2. The molecular formula is C24H31ClN4O4. The summed E-state index contributed by atoms with van der Waals surface area (Å²) in [6.07, 6.45) is 3.83. The zero-order valence-electron chi connectivity index (χ0n) is 19.5. The summed E-state index contributed by atoms with van der Waals surface area (Å²) in [6.45, 7) is 1.02. The molecule has 33 heavy (non-hydrogen) atoms. The van der Waals surface area contributed by atoms with E-state index < -0.39 is 0 Å². The van der Waals surface area contributed by atoms with Crippen molar-refractivity contribution in [1.82, 2.24) is 15.2 Å². The van der Waals surface area contributed by atoms with Crippen molar-refractivity contribution in [1.29, 1.82) is 0 Å². The first-order valence-corrected chi connectivity index (χ1v) is 11.5. The number of fused-ring (bicyclic) bond motifs is 1. The molecule has 2 heterocycles. The first-order valence-electron chi connectivity index (χ1n) is 11.1. The number of nitrogens with one attached hydrogen (secondary N) is 2. The molecule has 2 fully saturated rings. The van der Waals surface area contributed by atoms with Crippen molar-refractivity contribution < 1.29 is 19.0 Å². The molecule has 0 spiro atoms. The van der Waals surface area contributed by atoms with Crippen LogP contribution in [0, 0.1) is 0 Å². The molecule has 2 aromatic rings. The zero-order valence-corrected chi connectivity index (χ0v) is 20.2. The van der Waals surface area contributed by atoms with Crippen LogP contribution in [-0.4, -0.2) is 62.9 Å². The highest BCUT2D eigenvalue weighted by molar-refractivity contribution is 6.29. The second-order valence-corrected chi connectivity index (χ2v) is 9.15. The normalized spacial score (nSPS) is 24.6. The fourth-order valence-electron chi connectivity index (χ4n) is 5.40. The van der Waals surface area contributed by atoms with Crippen molar-refractivity contribution in [2.75, 3.05) is 40.2 Å². The third-order valence-corrected chi connectivity index (χ3v) is 7.25. The van der Waals surface area contributed by atoms with Gasteiger partial charge in [-0.3, -0.25) is 0 Å². The summed E-state index contributed by atoms with van der Waals surface area (Å²) >= 11 is 6.01. The van der Waals surface area contributed by atoms with E-state index in [0.29, 0.717) is 17.6 Å². The average molecular weight is 475 g/mol. The molecule has 1 aromatic carbocycles. The highest BCUT2D eigenvalue weighted by Crippen LogP contribution is 2.49. The van der Waals surface area contributed by atoms with Crippen LogP contribution in [0.4, 0.5) is 10.5 Å². The molecule has 0 bridgehead atoms. The van der Waals surface area contributed by atoms with E-state index in [9.17, 15) is 4.79 Å². The standard InChI is InChI=1S/C24H31ClN4O4/c1-29-10-9-24(15-5-6-18(31-2)19(11-15)32-3)8-7-16(12-20(24)29)26-23(30)27-17-13-21(25)28-22(14-17)33-4/h5-6,11,13-14,16,20H,7-10,12H2,1-4H3,(H2,26,27,28,30)/t16-,20+,24+/m1/s1. The summed E-state index contributed by atoms with van der Waals surface area (Å²) in [4.78, 5) is 19.1. The van der Waals surface area contributed by atoms with Crippen LogP contribution in [0.3, 0.4) is 0 Å². The fourth-order valence-corrected chi connectivity index (χ4v) is 5.60. The maximum absolute atomic E-state index is 12.7. The Kier molecular flexibility index (Phi) is 6.86. The van der Waals surface area contributed by atoms with E-state index >= 15 is 0 Å². The second kappa shape index (κ2) is 9.65. The Labute approximate surface area is 199 Å². The van der Waals surface area contributed by atoms with Crippen LogP contribution in [0.1, 0.15) is 31.2 Å². The lowest BCUT2D eigenvalue weighted by atomic mass is 9.65. The average Bonchev–Trinajstić information content (AvgIpc) is 3.15. The van der Waals surface area contributed by atoms with Crippen molar-refractivity contribution >= 4 is 23.3 Å². The van der Waals surface area contributed by atoms with Crippen LogP contribution in [0.25, 0.3) is 0 Å². The number of ether oxygens (including phenoxy) is 3. The van der Waals surface area contributed by atoms with Crippen LogP contribution in [0.2, 0.25) is 5.15 Å². The number of hydrogen-bond donors (Lipinski definition) is 2. The van der Waals surface area contributed by atoms with Crippen molar-refractivity contribution in [2.24, 2.45) is 0 Å². The number of benzene rings is 1. The zero-order chi connectivity index (χ0) is 23.6. The third-order valence-electron chi connectivity index (χ3n) is 7.06. The summed E-state index contributed by atoms with van der Waals surface area (Å²) < 4.78 is 16.1. The van der Waals surface area contributed by atoms with Gasteiger partial charge in [-0.15, -0.1) is 0 Å². The molecule has 2 N–H and O–H groups in total. The van der Waals surface area contributed by atoms with E-state index in [1.54, 1.807) is 26.4 Å². The molecule has 1 aliphatic heterocycles. The number of halogens is 1. The fraction of sp³-hybridized carbons (Fsp3) is 0.500. The number of rotatable bonds is 6. The molecular weight excluding hydrogens is 444 g/mol. The minimum Gasteiger partial charge on any atom is -0.493 e. The van der Waals surface area contributed by atoms with Gasteiger partial charge in [-0.05, 0) is 63.0 Å². The first-order chi connectivity index (χ1) is 15.9. The molecule has 4 rings (SSSR count). The Bertz CT molecular complexity index is 1020. The highest BCUT2D eigenvalue weighted by Gasteiger charge is 2.50. The lowest BCUT2D eigenvalue weighted by molar-refractivity contribution is 0.156. The quantitative estimate of drug-likeness (QED) is 0.614. The molecule has 9 heteroatoms. The number of methoxy groups -OCH3 is 3. The number of likely N-dealkylation sites (tertiary alicyclic amines) is 1. The Morgan fingerprint density at radius 3 is 2.64 bits per heavy atom. The molecule has 178 valence electrons. The molecule has 2 aliphatic rings. The monoisotopic (exact) mass is 474 g/mol. The van der Waals surface area contributed by atoms with Crippen LogP contribution in [0.5, 0.6) is 17.4 Å². The van der Waals surface area contributed by atoms with Gasteiger partial charge in [-0.2, -0.15) is 0 Å². The van der Waals surface area contributed by atoms with Gasteiger partial charge in [-0.1, -0.05) is 17.7 Å². The van der Waals surface area contributed by atoms with E-state index in [0.717, 1.165) is 43.7 Å². The molecule has 1 aromatic heterocycles. The summed E-state index contributed by atoms with van der Waals surface area (Å²) in [5, 5.41) is 6.25. The number of aromatic nitrogens is 1. The number of likely N-dealkylation sites (N-methyl/N-ethyl adjacent to an activating group) is 1. The Morgan fingerprint density at radius 2 is 1.91 bits per heavy atom. The van der Waals surface area contributed by atoms with Crippen molar-refractivity contribution in [3.8, 4) is 17.4 Å². The van der Waals surface area contributed by atoms with E-state index in [1.165, 1.54) is 12.7 Å². The number of amides is 2. The van der Waals surface area contributed by atoms with Gasteiger partial charge < -0.3 is 29.7 Å². The number of urea groups is 1. The topological polar surface area (TPSA) is 85.0 Å². The SMILES string of the molecule is COc1cc(NC(=O)N[C@@H]2CC[C@@]3(c4ccc(OC)c(OC)c4)CCN(C)[C@H]3C2)cc(Cl)n1. The predicted octanol–water partition coefficient (Wildman–Crippen LogP) is 4.08. The van der Waals surface area contributed by atoms with Gasteiger partial charge in [0.2, 0.25) is 5.88 Å². The summed E-state index contributed by atoms with van der Waals surface area (Å²) in [7, 11) is 7.00. The van der Waals surface area contributed by atoms with Crippen molar-refractivity contribution in [2.45, 2.75) is 43.2 Å². The summed E-state index contributed by atoms with van der Waals surface area (Å²) in [5.41, 5.74) is 1.85. The Balaban J connectivity index is 1.47. The van der Waals surface area contributed by atoms with Gasteiger partial charge >= 0.3 is 6.03 Å². The maximum atomic E-state index is 12.7. The molecule has 1 saturated carbocycles. The highest BCUT2D eigenvalue weighted by atomic mass is 35.5. The van der Waals surface area contributed by atoms with Gasteiger partial charge in [0, 0.05) is 23.6 Å². The van der Waals surface area contributed by atoms with Crippen molar-refractivity contribution in [3.63, 3.8) is 0 Å². The molecule has 1 saturated heterocycles. The summed E-state index contributed by atoms with van der Waals surface area (Å²) in [6, 6.07) is 9.64.